The molecule has 0 bridgehead atoms. The van der Waals surface area contributed by atoms with Gasteiger partial charge in [0, 0.05) is 52.2 Å². The summed E-state index contributed by atoms with van der Waals surface area (Å²) >= 11 is 0. The Morgan fingerprint density at radius 1 is 0.867 bits per heavy atom. The third-order valence-electron chi connectivity index (χ3n) is 5.66. The van der Waals surface area contributed by atoms with Crippen molar-refractivity contribution in [1.82, 2.24) is 24.1 Å². The average Bonchev–Trinajstić information content (AvgIpc) is 2.79. The number of anilines is 2. The van der Waals surface area contributed by atoms with Crippen molar-refractivity contribution >= 4 is 33.6 Å². The van der Waals surface area contributed by atoms with Crippen molar-refractivity contribution in [2.75, 3.05) is 36.0 Å². The zero-order chi connectivity index (χ0) is 20.8. The summed E-state index contributed by atoms with van der Waals surface area (Å²) in [5.74, 6) is 0.634. The molecular formula is C21H21N7O2. The summed E-state index contributed by atoms with van der Waals surface area (Å²) in [4.78, 5) is 42.5. The van der Waals surface area contributed by atoms with Crippen LogP contribution < -0.4 is 20.9 Å². The molecule has 1 aliphatic rings. The minimum absolute atomic E-state index is 0.0479. The zero-order valence-electron chi connectivity index (χ0n) is 16.8. The topological polar surface area (TPSA) is 89.2 Å². The fraction of sp³-hybridized carbons (Fsp3) is 0.286. The Morgan fingerprint density at radius 3 is 2.43 bits per heavy atom. The first-order chi connectivity index (χ1) is 14.5. The van der Waals surface area contributed by atoms with Gasteiger partial charge in [-0.2, -0.15) is 4.98 Å². The quantitative estimate of drug-likeness (QED) is 0.491. The van der Waals surface area contributed by atoms with Crippen molar-refractivity contribution in [3.05, 3.63) is 63.6 Å². The van der Waals surface area contributed by atoms with Crippen LogP contribution in [0.2, 0.25) is 0 Å². The third-order valence-corrected chi connectivity index (χ3v) is 5.66. The molecule has 4 heterocycles. The smallest absolute Gasteiger partial charge is 0.264 e. The molecule has 1 aromatic carbocycles. The van der Waals surface area contributed by atoms with Crippen molar-refractivity contribution in [2.24, 2.45) is 14.1 Å². The summed E-state index contributed by atoms with van der Waals surface area (Å²) in [6, 6.07) is 9.26. The Kier molecular flexibility index (Phi) is 4.23. The second-order valence-electron chi connectivity index (χ2n) is 7.49. The summed E-state index contributed by atoms with van der Waals surface area (Å²) < 4.78 is 3.08. The standard InChI is InChI=1S/C21H21N7O2/c1-25-13-23-17-12-14(5-6-15(17)19(25)29)27-8-10-28(11-9-27)21-24-18-16(4-3-7-22-18)20(30)26(21)2/h3-7,12-13H,8-11H2,1-2H3. The van der Waals surface area contributed by atoms with Gasteiger partial charge in [0.2, 0.25) is 5.95 Å². The Balaban J connectivity index is 1.41. The molecule has 0 atom stereocenters. The molecular weight excluding hydrogens is 382 g/mol. The number of hydrogen-bond donors (Lipinski definition) is 0. The number of rotatable bonds is 2. The van der Waals surface area contributed by atoms with E-state index < -0.39 is 0 Å². The molecule has 9 heteroatoms. The maximum atomic E-state index is 12.7. The Morgan fingerprint density at radius 2 is 1.63 bits per heavy atom. The lowest BCUT2D eigenvalue weighted by Gasteiger charge is -2.37. The van der Waals surface area contributed by atoms with Gasteiger partial charge in [0.05, 0.1) is 22.6 Å². The summed E-state index contributed by atoms with van der Waals surface area (Å²) in [5.41, 5.74) is 2.06. The molecule has 30 heavy (non-hydrogen) atoms. The first-order valence-electron chi connectivity index (χ1n) is 9.80. The third kappa shape index (κ3) is 2.90. The van der Waals surface area contributed by atoms with Gasteiger partial charge in [-0.1, -0.05) is 0 Å². The number of aryl methyl sites for hydroxylation is 1. The van der Waals surface area contributed by atoms with Crippen LogP contribution >= 0.6 is 0 Å². The first kappa shape index (κ1) is 18.3. The minimum atomic E-state index is -0.0901. The predicted molar refractivity (Wildman–Crippen MR) is 116 cm³/mol. The highest BCUT2D eigenvalue weighted by atomic mass is 16.1. The summed E-state index contributed by atoms with van der Waals surface area (Å²) in [5, 5.41) is 1.14. The van der Waals surface area contributed by atoms with Crippen LogP contribution in [0.25, 0.3) is 21.9 Å². The van der Waals surface area contributed by atoms with E-state index in [0.29, 0.717) is 27.9 Å². The zero-order valence-corrected chi connectivity index (χ0v) is 16.8. The van der Waals surface area contributed by atoms with Crippen LogP contribution in [0.4, 0.5) is 11.6 Å². The molecule has 4 aromatic rings. The van der Waals surface area contributed by atoms with E-state index in [4.69, 9.17) is 0 Å². The number of piperazine rings is 1. The van der Waals surface area contributed by atoms with Crippen LogP contribution in [0, 0.1) is 0 Å². The highest BCUT2D eigenvalue weighted by Gasteiger charge is 2.22. The molecule has 0 unspecified atom stereocenters. The predicted octanol–water partition coefficient (Wildman–Crippen LogP) is 0.902. The molecule has 0 aliphatic carbocycles. The molecule has 0 N–H and O–H groups in total. The van der Waals surface area contributed by atoms with Crippen LogP contribution in [0.3, 0.4) is 0 Å². The molecule has 3 aromatic heterocycles. The van der Waals surface area contributed by atoms with Crippen molar-refractivity contribution in [3.63, 3.8) is 0 Å². The Labute approximate surface area is 171 Å². The van der Waals surface area contributed by atoms with Gasteiger partial charge in [-0.15, -0.1) is 0 Å². The number of pyridine rings is 1. The molecule has 0 saturated carbocycles. The Bertz CT molecular complexity index is 1380. The summed E-state index contributed by atoms with van der Waals surface area (Å²) in [6.07, 6.45) is 3.20. The molecule has 0 radical (unpaired) electrons. The highest BCUT2D eigenvalue weighted by Crippen LogP contribution is 2.22. The maximum Gasteiger partial charge on any atom is 0.264 e. The lowest BCUT2D eigenvalue weighted by molar-refractivity contribution is 0.623. The van der Waals surface area contributed by atoms with E-state index in [1.165, 1.54) is 4.57 Å². The number of hydrogen-bond acceptors (Lipinski definition) is 7. The molecule has 9 nitrogen and oxygen atoms in total. The fourth-order valence-corrected chi connectivity index (χ4v) is 3.94. The van der Waals surface area contributed by atoms with Crippen molar-refractivity contribution in [2.45, 2.75) is 0 Å². The van der Waals surface area contributed by atoms with Crippen molar-refractivity contribution in [1.29, 1.82) is 0 Å². The van der Waals surface area contributed by atoms with E-state index in [9.17, 15) is 9.59 Å². The van der Waals surface area contributed by atoms with Crippen molar-refractivity contribution < 1.29 is 0 Å². The fourth-order valence-electron chi connectivity index (χ4n) is 3.94. The molecule has 5 rings (SSSR count). The average molecular weight is 403 g/mol. The van der Waals surface area contributed by atoms with E-state index in [2.05, 4.69) is 24.8 Å². The molecule has 1 aliphatic heterocycles. The van der Waals surface area contributed by atoms with Crippen LogP contribution in [0.15, 0.2) is 52.4 Å². The largest absolute Gasteiger partial charge is 0.368 e. The second-order valence-corrected chi connectivity index (χ2v) is 7.49. The normalized spacial score (nSPS) is 14.6. The first-order valence-corrected chi connectivity index (χ1v) is 9.80. The highest BCUT2D eigenvalue weighted by molar-refractivity contribution is 5.81. The summed E-state index contributed by atoms with van der Waals surface area (Å²) in [7, 11) is 3.45. The van der Waals surface area contributed by atoms with Gasteiger partial charge in [-0.05, 0) is 30.3 Å². The monoisotopic (exact) mass is 403 g/mol. The van der Waals surface area contributed by atoms with Crippen LogP contribution in [0.5, 0.6) is 0 Å². The van der Waals surface area contributed by atoms with E-state index in [-0.39, 0.29) is 11.1 Å². The van der Waals surface area contributed by atoms with Gasteiger partial charge in [-0.3, -0.25) is 14.2 Å². The number of aromatic nitrogens is 5. The maximum absolute atomic E-state index is 12.7. The number of nitrogens with zero attached hydrogens (tertiary/aromatic N) is 7. The van der Waals surface area contributed by atoms with Gasteiger partial charge >= 0.3 is 0 Å². The molecule has 0 amide bonds. The second kappa shape index (κ2) is 6.94. The summed E-state index contributed by atoms with van der Waals surface area (Å²) in [6.45, 7) is 2.99. The van der Waals surface area contributed by atoms with Gasteiger partial charge in [0.25, 0.3) is 11.1 Å². The van der Waals surface area contributed by atoms with Gasteiger partial charge in [-0.25, -0.2) is 9.97 Å². The van der Waals surface area contributed by atoms with Crippen LogP contribution in [-0.2, 0) is 14.1 Å². The molecule has 0 spiro atoms. The lowest BCUT2D eigenvalue weighted by atomic mass is 10.2. The Hall–Kier alpha value is -3.75. The van der Waals surface area contributed by atoms with Crippen LogP contribution in [0.1, 0.15) is 0 Å². The molecule has 152 valence electrons. The van der Waals surface area contributed by atoms with E-state index in [0.717, 1.165) is 31.9 Å². The van der Waals surface area contributed by atoms with Gasteiger partial charge in [0.15, 0.2) is 5.65 Å². The van der Waals surface area contributed by atoms with Crippen molar-refractivity contribution in [3.8, 4) is 0 Å². The van der Waals surface area contributed by atoms with Crippen LogP contribution in [-0.4, -0.2) is 50.3 Å². The van der Waals surface area contributed by atoms with E-state index in [1.54, 1.807) is 43.3 Å². The van der Waals surface area contributed by atoms with Gasteiger partial charge in [0.1, 0.15) is 0 Å². The number of benzene rings is 1. The molecule has 1 fully saturated rings. The number of fused-ring (bicyclic) bond motifs is 2. The molecule has 1 saturated heterocycles. The van der Waals surface area contributed by atoms with Gasteiger partial charge < -0.3 is 14.4 Å². The van der Waals surface area contributed by atoms with E-state index >= 15 is 0 Å². The SMILES string of the molecule is Cn1cnc2cc(N3CCN(c4nc5ncccc5c(=O)n4C)CC3)ccc2c1=O. The van der Waals surface area contributed by atoms with E-state index in [1.807, 2.05) is 18.2 Å². The minimum Gasteiger partial charge on any atom is -0.368 e. The lowest BCUT2D eigenvalue weighted by Crippen LogP contribution is -2.48.